The van der Waals surface area contributed by atoms with Crippen molar-refractivity contribution in [3.05, 3.63) is 32.8 Å². The van der Waals surface area contributed by atoms with Crippen LogP contribution in [0.3, 0.4) is 0 Å². The van der Waals surface area contributed by atoms with Gasteiger partial charge in [-0.25, -0.2) is 8.42 Å². The molecular weight excluding hydrogens is 322 g/mol. The Balaban J connectivity index is 2.26. The molecule has 0 aromatic heterocycles. The van der Waals surface area contributed by atoms with Crippen molar-refractivity contribution in [3.8, 4) is 0 Å². The molecule has 0 aliphatic heterocycles. The third-order valence-corrected chi connectivity index (χ3v) is 4.67. The van der Waals surface area contributed by atoms with Crippen molar-refractivity contribution in [2.75, 3.05) is 0 Å². The maximum absolute atomic E-state index is 12.0. The number of benzene rings is 1. The number of nitro groups is 1. The molecule has 0 radical (unpaired) electrons. The number of nitrogens with zero attached hydrogens (tertiary/aromatic N) is 1. The van der Waals surface area contributed by atoms with Crippen LogP contribution in [0.2, 0.25) is 5.02 Å². The van der Waals surface area contributed by atoms with E-state index in [1.165, 1.54) is 6.92 Å². The van der Waals surface area contributed by atoms with Crippen LogP contribution in [0.1, 0.15) is 18.4 Å². The van der Waals surface area contributed by atoms with Gasteiger partial charge in [0.1, 0.15) is 0 Å². The molecule has 0 unspecified atom stereocenters. The van der Waals surface area contributed by atoms with Crippen molar-refractivity contribution < 1.29 is 18.1 Å². The molecule has 1 fully saturated rings. The number of nitrogens with one attached hydrogen (secondary N) is 2. The smallest absolute Gasteiger partial charge is 0.275 e. The van der Waals surface area contributed by atoms with E-state index >= 15 is 0 Å². The zero-order valence-electron chi connectivity index (χ0n) is 10.9. The lowest BCUT2D eigenvalue weighted by Crippen LogP contribution is -2.42. The van der Waals surface area contributed by atoms with Gasteiger partial charge in [0.15, 0.2) is 0 Å². The van der Waals surface area contributed by atoms with Gasteiger partial charge < -0.3 is 0 Å². The highest BCUT2D eigenvalue weighted by Gasteiger charge is 2.31. The van der Waals surface area contributed by atoms with Crippen LogP contribution in [-0.2, 0) is 14.8 Å². The SMILES string of the molecule is Cc1c(Cl)cc(S(=O)(=O)NNC(=O)C2CC2)cc1[N+](=O)[O-]. The van der Waals surface area contributed by atoms with Crippen molar-refractivity contribution in [3.63, 3.8) is 0 Å². The number of carbonyl (C=O) groups is 1. The third kappa shape index (κ3) is 3.49. The molecule has 1 saturated carbocycles. The second-order valence-corrected chi connectivity index (χ2v) is 6.76. The summed E-state index contributed by atoms with van der Waals surface area (Å²) < 4.78 is 24.0. The first kappa shape index (κ1) is 15.7. The number of hydrogen-bond acceptors (Lipinski definition) is 5. The van der Waals surface area contributed by atoms with E-state index in [0.29, 0.717) is 0 Å². The first-order valence-corrected chi connectivity index (χ1v) is 7.84. The number of sulfonamides is 1. The average Bonchev–Trinajstić information content (AvgIpc) is 3.23. The molecule has 1 aromatic rings. The van der Waals surface area contributed by atoms with Crippen LogP contribution in [0.4, 0.5) is 5.69 Å². The maximum Gasteiger partial charge on any atom is 0.275 e. The fraction of sp³-hybridized carbons (Fsp3) is 0.364. The van der Waals surface area contributed by atoms with E-state index in [1.807, 2.05) is 4.83 Å². The Labute approximate surface area is 125 Å². The number of carbonyl (C=O) groups excluding carboxylic acids is 1. The number of amides is 1. The van der Waals surface area contributed by atoms with Gasteiger partial charge in [0.2, 0.25) is 5.91 Å². The third-order valence-electron chi connectivity index (χ3n) is 3.05. The van der Waals surface area contributed by atoms with Gasteiger partial charge >= 0.3 is 0 Å². The minimum Gasteiger partial charge on any atom is -0.277 e. The Morgan fingerprint density at radius 3 is 2.57 bits per heavy atom. The Hall–Kier alpha value is -1.71. The van der Waals surface area contributed by atoms with E-state index in [1.54, 1.807) is 0 Å². The molecule has 0 saturated heterocycles. The topological polar surface area (TPSA) is 118 Å². The predicted octanol–water partition coefficient (Wildman–Crippen LogP) is 1.28. The molecule has 1 aromatic carbocycles. The van der Waals surface area contributed by atoms with Gasteiger partial charge in [0, 0.05) is 17.5 Å². The lowest BCUT2D eigenvalue weighted by molar-refractivity contribution is -0.385. The lowest BCUT2D eigenvalue weighted by Gasteiger charge is -2.09. The molecule has 1 aliphatic rings. The summed E-state index contributed by atoms with van der Waals surface area (Å²) in [6, 6.07) is 1.99. The monoisotopic (exact) mass is 333 g/mol. The Bertz CT molecular complexity index is 715. The van der Waals surface area contributed by atoms with Crippen LogP contribution >= 0.6 is 11.6 Å². The van der Waals surface area contributed by atoms with E-state index in [-0.39, 0.29) is 21.4 Å². The second-order valence-electron chi connectivity index (χ2n) is 4.68. The van der Waals surface area contributed by atoms with Crippen molar-refractivity contribution in [1.29, 1.82) is 0 Å². The molecule has 1 aliphatic carbocycles. The number of hydrazine groups is 1. The normalized spacial score (nSPS) is 14.8. The second kappa shape index (κ2) is 5.58. The Morgan fingerprint density at radius 1 is 1.43 bits per heavy atom. The van der Waals surface area contributed by atoms with Gasteiger partial charge in [0.05, 0.1) is 14.8 Å². The summed E-state index contributed by atoms with van der Waals surface area (Å²) >= 11 is 5.81. The fourth-order valence-corrected chi connectivity index (χ4v) is 2.78. The predicted molar refractivity (Wildman–Crippen MR) is 74.0 cm³/mol. The molecule has 8 nitrogen and oxygen atoms in total. The van der Waals surface area contributed by atoms with Gasteiger partial charge in [0.25, 0.3) is 15.7 Å². The zero-order valence-corrected chi connectivity index (χ0v) is 12.5. The van der Waals surface area contributed by atoms with E-state index < -0.39 is 26.5 Å². The summed E-state index contributed by atoms with van der Waals surface area (Å²) in [4.78, 5) is 23.1. The van der Waals surface area contributed by atoms with Crippen molar-refractivity contribution in [2.45, 2.75) is 24.7 Å². The van der Waals surface area contributed by atoms with Gasteiger partial charge in [-0.1, -0.05) is 11.6 Å². The summed E-state index contributed by atoms with van der Waals surface area (Å²) in [6.45, 7) is 1.42. The highest BCUT2D eigenvalue weighted by Crippen LogP contribution is 2.30. The van der Waals surface area contributed by atoms with Gasteiger partial charge in [-0.2, -0.15) is 0 Å². The maximum atomic E-state index is 12.0. The molecule has 2 rings (SSSR count). The van der Waals surface area contributed by atoms with Crippen molar-refractivity contribution in [1.82, 2.24) is 10.3 Å². The quantitative estimate of drug-likeness (QED) is 0.621. The number of rotatable bonds is 5. The molecule has 114 valence electrons. The van der Waals surface area contributed by atoms with Gasteiger partial charge in [-0.15, -0.1) is 4.83 Å². The summed E-state index contributed by atoms with van der Waals surface area (Å²) in [5, 5.41) is 10.8. The van der Waals surface area contributed by atoms with E-state index in [2.05, 4.69) is 5.43 Å². The first-order valence-electron chi connectivity index (χ1n) is 5.98. The molecule has 21 heavy (non-hydrogen) atoms. The van der Waals surface area contributed by atoms with E-state index in [4.69, 9.17) is 11.6 Å². The van der Waals surface area contributed by atoms with Crippen LogP contribution in [0, 0.1) is 23.0 Å². The van der Waals surface area contributed by atoms with Crippen LogP contribution < -0.4 is 10.3 Å². The largest absolute Gasteiger partial charge is 0.277 e. The molecule has 0 bridgehead atoms. The molecule has 1 amide bonds. The molecule has 0 heterocycles. The Kier molecular flexibility index (Phi) is 4.17. The molecular formula is C11H12ClN3O5S. The highest BCUT2D eigenvalue weighted by molar-refractivity contribution is 7.89. The molecule has 0 spiro atoms. The van der Waals surface area contributed by atoms with Crippen molar-refractivity contribution >= 4 is 33.2 Å². The van der Waals surface area contributed by atoms with Gasteiger partial charge in [-0.05, 0) is 25.8 Å². The fourth-order valence-electron chi connectivity index (χ4n) is 1.61. The highest BCUT2D eigenvalue weighted by atomic mass is 35.5. The van der Waals surface area contributed by atoms with Crippen LogP contribution in [0.15, 0.2) is 17.0 Å². The zero-order chi connectivity index (χ0) is 15.8. The number of nitro benzene ring substituents is 1. The van der Waals surface area contributed by atoms with E-state index in [9.17, 15) is 23.3 Å². The summed E-state index contributed by atoms with van der Waals surface area (Å²) in [6.07, 6.45) is 1.44. The minimum atomic E-state index is -4.13. The van der Waals surface area contributed by atoms with Gasteiger partial charge in [-0.3, -0.25) is 20.3 Å². The minimum absolute atomic E-state index is 0.0434. The average molecular weight is 334 g/mol. The first-order chi connectivity index (χ1) is 9.72. The molecule has 10 heteroatoms. The van der Waals surface area contributed by atoms with Crippen LogP contribution in [-0.4, -0.2) is 19.2 Å². The summed E-state index contributed by atoms with van der Waals surface area (Å²) in [5.41, 5.74) is 1.84. The molecule has 2 N–H and O–H groups in total. The Morgan fingerprint density at radius 2 is 2.05 bits per heavy atom. The summed E-state index contributed by atoms with van der Waals surface area (Å²) in [5.74, 6) is -0.602. The standard InChI is InChI=1S/C11H12ClN3O5S/c1-6-9(12)4-8(5-10(6)15(17)18)21(19,20)14-13-11(16)7-2-3-7/h4-5,7,14H,2-3H2,1H3,(H,13,16). The van der Waals surface area contributed by atoms with E-state index in [0.717, 1.165) is 25.0 Å². The van der Waals surface area contributed by atoms with Crippen LogP contribution in [0.5, 0.6) is 0 Å². The summed E-state index contributed by atoms with van der Waals surface area (Å²) in [7, 11) is -4.13. The van der Waals surface area contributed by atoms with Crippen LogP contribution in [0.25, 0.3) is 0 Å². The lowest BCUT2D eigenvalue weighted by atomic mass is 10.2. The number of hydrogen-bond donors (Lipinski definition) is 2. The van der Waals surface area contributed by atoms with Crippen molar-refractivity contribution in [2.24, 2.45) is 5.92 Å². The molecule has 0 atom stereocenters. The number of halogens is 1.